The van der Waals surface area contributed by atoms with Crippen molar-refractivity contribution in [2.24, 2.45) is 12.0 Å². The van der Waals surface area contributed by atoms with E-state index in [1.807, 2.05) is 35.7 Å². The lowest BCUT2D eigenvalue weighted by Gasteiger charge is -2.36. The first-order chi connectivity index (χ1) is 14.2. The highest BCUT2D eigenvalue weighted by molar-refractivity contribution is 14.0. The molecular formula is C21H32IN7O. The van der Waals surface area contributed by atoms with E-state index in [1.165, 1.54) is 5.69 Å². The Balaban J connectivity index is 0.00000320. The molecule has 0 spiro atoms. The number of hydrogen-bond acceptors (Lipinski definition) is 4. The van der Waals surface area contributed by atoms with Crippen molar-refractivity contribution in [2.45, 2.75) is 19.9 Å². The first-order valence-electron chi connectivity index (χ1n) is 10.2. The van der Waals surface area contributed by atoms with Gasteiger partial charge >= 0.3 is 0 Å². The van der Waals surface area contributed by atoms with Crippen LogP contribution in [-0.4, -0.2) is 65.8 Å². The molecule has 0 atom stereocenters. The van der Waals surface area contributed by atoms with E-state index >= 15 is 0 Å². The van der Waals surface area contributed by atoms with E-state index in [0.717, 1.165) is 44.4 Å². The highest BCUT2D eigenvalue weighted by Gasteiger charge is 2.20. The van der Waals surface area contributed by atoms with Gasteiger partial charge in [0.25, 0.3) is 0 Å². The fraction of sp³-hybridized carbons (Fsp3) is 0.476. The molecule has 0 radical (unpaired) electrons. The summed E-state index contributed by atoms with van der Waals surface area (Å²) >= 11 is 0. The number of aryl methyl sites for hydroxylation is 1. The third kappa shape index (κ3) is 6.89. The average molecular weight is 525 g/mol. The molecule has 164 valence electrons. The molecule has 0 aliphatic carbocycles. The molecule has 1 fully saturated rings. The molecule has 0 bridgehead atoms. The molecule has 30 heavy (non-hydrogen) atoms. The van der Waals surface area contributed by atoms with E-state index in [0.29, 0.717) is 19.5 Å². The molecule has 3 rings (SSSR count). The number of anilines is 1. The van der Waals surface area contributed by atoms with E-state index < -0.39 is 0 Å². The minimum Gasteiger partial charge on any atom is -0.368 e. The van der Waals surface area contributed by atoms with Crippen molar-refractivity contribution in [3.63, 3.8) is 0 Å². The Hall–Kier alpha value is -2.30. The molecule has 9 heteroatoms. The fourth-order valence-electron chi connectivity index (χ4n) is 3.36. The van der Waals surface area contributed by atoms with Crippen LogP contribution in [0.3, 0.4) is 0 Å². The Morgan fingerprint density at radius 1 is 1.10 bits per heavy atom. The van der Waals surface area contributed by atoms with Gasteiger partial charge in [0, 0.05) is 64.6 Å². The van der Waals surface area contributed by atoms with Crippen molar-refractivity contribution in [1.82, 2.24) is 25.3 Å². The number of aromatic nitrogens is 2. The zero-order chi connectivity index (χ0) is 20.5. The molecule has 1 aliphatic rings. The van der Waals surface area contributed by atoms with Crippen molar-refractivity contribution >= 4 is 41.5 Å². The van der Waals surface area contributed by atoms with Crippen LogP contribution in [0, 0.1) is 0 Å². The van der Waals surface area contributed by atoms with Gasteiger partial charge in [0.05, 0.1) is 12.2 Å². The fourth-order valence-corrected chi connectivity index (χ4v) is 3.36. The summed E-state index contributed by atoms with van der Waals surface area (Å²) in [6, 6.07) is 12.3. The summed E-state index contributed by atoms with van der Waals surface area (Å²) in [5.41, 5.74) is 2.26. The maximum Gasteiger partial charge on any atom is 0.224 e. The minimum absolute atomic E-state index is 0. The molecule has 1 amide bonds. The Morgan fingerprint density at radius 2 is 1.83 bits per heavy atom. The van der Waals surface area contributed by atoms with Crippen LogP contribution in [0.15, 0.2) is 47.6 Å². The van der Waals surface area contributed by atoms with Gasteiger partial charge in [-0.3, -0.25) is 9.48 Å². The number of benzene rings is 1. The number of carbonyl (C=O) groups is 1. The van der Waals surface area contributed by atoms with Crippen molar-refractivity contribution in [3.05, 3.63) is 48.3 Å². The van der Waals surface area contributed by atoms with Crippen LogP contribution in [-0.2, 0) is 18.4 Å². The van der Waals surface area contributed by atoms with Crippen LogP contribution in [0.4, 0.5) is 5.69 Å². The number of halogens is 1. The topological polar surface area (TPSA) is 77.8 Å². The van der Waals surface area contributed by atoms with Gasteiger partial charge in [0.1, 0.15) is 0 Å². The molecular weight excluding hydrogens is 493 g/mol. The molecule has 2 aromatic rings. The minimum atomic E-state index is 0. The van der Waals surface area contributed by atoms with Gasteiger partial charge in [-0.1, -0.05) is 18.2 Å². The Labute approximate surface area is 195 Å². The van der Waals surface area contributed by atoms with E-state index in [-0.39, 0.29) is 29.9 Å². The van der Waals surface area contributed by atoms with E-state index in [9.17, 15) is 4.79 Å². The zero-order valence-electron chi connectivity index (χ0n) is 17.8. The van der Waals surface area contributed by atoms with Crippen LogP contribution >= 0.6 is 24.0 Å². The molecule has 0 unspecified atom stereocenters. The number of nitrogens with zero attached hydrogens (tertiary/aromatic N) is 5. The molecule has 2 N–H and O–H groups in total. The number of rotatable bonds is 7. The normalized spacial score (nSPS) is 14.3. The second-order valence-electron chi connectivity index (χ2n) is 7.02. The van der Waals surface area contributed by atoms with Crippen molar-refractivity contribution in [1.29, 1.82) is 0 Å². The quantitative estimate of drug-likeness (QED) is 0.328. The molecule has 1 aromatic carbocycles. The average Bonchev–Trinajstić information content (AvgIpc) is 3.17. The highest BCUT2D eigenvalue weighted by Crippen LogP contribution is 2.15. The summed E-state index contributed by atoms with van der Waals surface area (Å²) in [5.74, 6) is 0.906. The zero-order valence-corrected chi connectivity index (χ0v) is 20.1. The third-order valence-corrected chi connectivity index (χ3v) is 5.05. The monoisotopic (exact) mass is 525 g/mol. The lowest BCUT2D eigenvalue weighted by Crippen LogP contribution is -2.49. The first kappa shape index (κ1) is 24.0. The number of nitrogens with one attached hydrogen (secondary N) is 2. The van der Waals surface area contributed by atoms with Crippen molar-refractivity contribution in [2.75, 3.05) is 44.2 Å². The second kappa shape index (κ2) is 12.4. The largest absolute Gasteiger partial charge is 0.368 e. The standard InChI is InChI=1S/C21H31N7O.HI/c1-3-22-21(24-17-19-9-12-25-26(19)2)23-11-10-20(29)28-15-13-27(14-16-28)18-7-5-4-6-8-18;/h4-9,12H,3,10-11,13-17H2,1-2H3,(H2,22,23,24);1H. The number of piperazine rings is 1. The van der Waals surface area contributed by atoms with Gasteiger partial charge < -0.3 is 20.4 Å². The maximum atomic E-state index is 12.6. The predicted molar refractivity (Wildman–Crippen MR) is 131 cm³/mol. The smallest absolute Gasteiger partial charge is 0.224 e. The van der Waals surface area contributed by atoms with Gasteiger partial charge in [-0.15, -0.1) is 24.0 Å². The Bertz CT molecular complexity index is 801. The van der Waals surface area contributed by atoms with E-state index in [4.69, 9.17) is 0 Å². The van der Waals surface area contributed by atoms with Crippen LogP contribution in [0.5, 0.6) is 0 Å². The molecule has 0 saturated carbocycles. The summed E-state index contributed by atoms with van der Waals surface area (Å²) in [6.45, 7) is 7.18. The van der Waals surface area contributed by atoms with Gasteiger partial charge in [0.15, 0.2) is 5.96 Å². The second-order valence-corrected chi connectivity index (χ2v) is 7.02. The lowest BCUT2D eigenvalue weighted by atomic mass is 10.2. The SMILES string of the molecule is CCNC(=NCc1ccnn1C)NCCC(=O)N1CCN(c2ccccc2)CC1.I. The molecule has 2 heterocycles. The lowest BCUT2D eigenvalue weighted by molar-refractivity contribution is -0.131. The van der Waals surface area contributed by atoms with Gasteiger partial charge in [-0.25, -0.2) is 4.99 Å². The summed E-state index contributed by atoms with van der Waals surface area (Å²) in [6.07, 6.45) is 2.23. The van der Waals surface area contributed by atoms with Crippen molar-refractivity contribution in [3.8, 4) is 0 Å². The Morgan fingerprint density at radius 3 is 2.47 bits per heavy atom. The van der Waals surface area contributed by atoms with Crippen LogP contribution < -0.4 is 15.5 Å². The molecule has 8 nitrogen and oxygen atoms in total. The number of para-hydroxylation sites is 1. The predicted octanol–water partition coefficient (Wildman–Crippen LogP) is 1.83. The van der Waals surface area contributed by atoms with Gasteiger partial charge in [0.2, 0.25) is 5.91 Å². The number of amides is 1. The number of guanidine groups is 1. The highest BCUT2D eigenvalue weighted by atomic mass is 127. The number of aliphatic imine (C=N–C) groups is 1. The number of hydrogen-bond donors (Lipinski definition) is 2. The van der Waals surface area contributed by atoms with Crippen LogP contribution in [0.1, 0.15) is 19.0 Å². The van der Waals surface area contributed by atoms with Crippen molar-refractivity contribution < 1.29 is 4.79 Å². The maximum absolute atomic E-state index is 12.6. The molecule has 1 saturated heterocycles. The number of carbonyl (C=O) groups excluding carboxylic acids is 1. The third-order valence-electron chi connectivity index (χ3n) is 5.05. The first-order valence-corrected chi connectivity index (χ1v) is 10.2. The van der Waals surface area contributed by atoms with Crippen LogP contribution in [0.25, 0.3) is 0 Å². The molecule has 1 aromatic heterocycles. The van der Waals surface area contributed by atoms with Crippen LogP contribution in [0.2, 0.25) is 0 Å². The van der Waals surface area contributed by atoms with E-state index in [2.05, 4.69) is 49.9 Å². The summed E-state index contributed by atoms with van der Waals surface area (Å²) in [4.78, 5) is 21.4. The summed E-state index contributed by atoms with van der Waals surface area (Å²) in [7, 11) is 1.90. The molecule has 1 aliphatic heterocycles. The Kier molecular flexibility index (Phi) is 9.92. The summed E-state index contributed by atoms with van der Waals surface area (Å²) < 4.78 is 1.81. The summed E-state index contributed by atoms with van der Waals surface area (Å²) in [5, 5.41) is 10.6. The van der Waals surface area contributed by atoms with Gasteiger partial charge in [-0.05, 0) is 25.1 Å². The van der Waals surface area contributed by atoms with Gasteiger partial charge in [-0.2, -0.15) is 5.10 Å². The van der Waals surface area contributed by atoms with E-state index in [1.54, 1.807) is 6.20 Å².